The van der Waals surface area contributed by atoms with Crippen molar-refractivity contribution in [2.24, 2.45) is 5.84 Å². The fraction of sp³-hybridized carbons (Fsp3) is 0.0667. The van der Waals surface area contributed by atoms with Crippen LogP contribution in [0.25, 0.3) is 0 Å². The number of hydrazine groups is 1. The number of hydrogen-bond acceptors (Lipinski definition) is 4. The lowest BCUT2D eigenvalue weighted by atomic mass is 10.1. The monoisotopic (exact) mass is 270 g/mol. The highest BCUT2D eigenvalue weighted by atomic mass is 16.5. The Morgan fingerprint density at radius 1 is 1.05 bits per heavy atom. The molecule has 0 fully saturated rings. The molecule has 20 heavy (non-hydrogen) atoms. The SMILES string of the molecule is Cc1cccc(C(=O)Oc2cccc(C(=O)NN)c2)c1. The van der Waals surface area contributed by atoms with Gasteiger partial charge >= 0.3 is 5.97 Å². The third-order valence-corrected chi connectivity index (χ3v) is 2.69. The first-order valence-electron chi connectivity index (χ1n) is 6.00. The van der Waals surface area contributed by atoms with Gasteiger partial charge < -0.3 is 4.74 Å². The van der Waals surface area contributed by atoms with Crippen LogP contribution in [0, 0.1) is 6.92 Å². The standard InChI is InChI=1S/C15H14N2O3/c1-10-4-2-6-12(8-10)15(19)20-13-7-3-5-11(9-13)14(18)17-16/h2-9H,16H2,1H3,(H,17,18). The fourth-order valence-corrected chi connectivity index (χ4v) is 1.72. The van der Waals surface area contributed by atoms with Crippen LogP contribution in [0.1, 0.15) is 26.3 Å². The van der Waals surface area contributed by atoms with Crippen molar-refractivity contribution in [3.8, 4) is 5.75 Å². The molecule has 0 radical (unpaired) electrons. The summed E-state index contributed by atoms with van der Waals surface area (Å²) in [7, 11) is 0. The molecule has 0 aromatic heterocycles. The lowest BCUT2D eigenvalue weighted by Crippen LogP contribution is -2.29. The van der Waals surface area contributed by atoms with Crippen LogP contribution in [-0.4, -0.2) is 11.9 Å². The van der Waals surface area contributed by atoms with Gasteiger partial charge in [0.05, 0.1) is 5.56 Å². The Kier molecular flexibility index (Phi) is 4.12. The number of nitrogens with two attached hydrogens (primary N) is 1. The van der Waals surface area contributed by atoms with E-state index in [0.717, 1.165) is 5.56 Å². The van der Waals surface area contributed by atoms with Crippen molar-refractivity contribution in [2.45, 2.75) is 6.92 Å². The van der Waals surface area contributed by atoms with Gasteiger partial charge in [0.25, 0.3) is 5.91 Å². The molecule has 3 N–H and O–H groups in total. The van der Waals surface area contributed by atoms with E-state index in [-0.39, 0.29) is 5.75 Å². The maximum absolute atomic E-state index is 12.0. The normalized spacial score (nSPS) is 9.90. The van der Waals surface area contributed by atoms with Gasteiger partial charge in [0.15, 0.2) is 0 Å². The van der Waals surface area contributed by atoms with Gasteiger partial charge in [0, 0.05) is 5.56 Å². The van der Waals surface area contributed by atoms with Crippen molar-refractivity contribution in [2.75, 3.05) is 0 Å². The molecule has 102 valence electrons. The fourth-order valence-electron chi connectivity index (χ4n) is 1.72. The number of nitrogen functional groups attached to an aromatic ring is 1. The zero-order valence-corrected chi connectivity index (χ0v) is 10.9. The summed E-state index contributed by atoms with van der Waals surface area (Å²) in [4.78, 5) is 23.4. The molecule has 0 unspecified atom stereocenters. The van der Waals surface area contributed by atoms with E-state index in [0.29, 0.717) is 11.1 Å². The van der Waals surface area contributed by atoms with Crippen LogP contribution in [0.2, 0.25) is 0 Å². The third kappa shape index (κ3) is 3.21. The average Bonchev–Trinajstić information content (AvgIpc) is 2.46. The number of amides is 1. The quantitative estimate of drug-likeness (QED) is 0.293. The number of nitrogens with one attached hydrogen (secondary N) is 1. The van der Waals surface area contributed by atoms with E-state index in [4.69, 9.17) is 10.6 Å². The molecule has 0 aliphatic rings. The number of esters is 1. The third-order valence-electron chi connectivity index (χ3n) is 2.69. The smallest absolute Gasteiger partial charge is 0.343 e. The zero-order valence-electron chi connectivity index (χ0n) is 10.9. The van der Waals surface area contributed by atoms with E-state index in [2.05, 4.69) is 0 Å². The van der Waals surface area contributed by atoms with Gasteiger partial charge in [-0.2, -0.15) is 0 Å². The van der Waals surface area contributed by atoms with Gasteiger partial charge in [-0.05, 0) is 37.3 Å². The minimum atomic E-state index is -0.473. The van der Waals surface area contributed by atoms with Crippen LogP contribution in [0.3, 0.4) is 0 Å². The Balaban J connectivity index is 2.18. The first-order chi connectivity index (χ1) is 9.60. The summed E-state index contributed by atoms with van der Waals surface area (Å²) in [5.41, 5.74) is 3.77. The molecule has 5 heteroatoms. The van der Waals surface area contributed by atoms with Crippen LogP contribution in [0.15, 0.2) is 48.5 Å². The second-order valence-electron chi connectivity index (χ2n) is 4.26. The number of aryl methyl sites for hydroxylation is 1. The molecule has 0 bridgehead atoms. The first kappa shape index (κ1) is 13.8. The zero-order chi connectivity index (χ0) is 14.5. The maximum Gasteiger partial charge on any atom is 0.343 e. The summed E-state index contributed by atoms with van der Waals surface area (Å²) < 4.78 is 5.23. The molecule has 2 rings (SSSR count). The van der Waals surface area contributed by atoms with Crippen LogP contribution < -0.4 is 16.0 Å². The minimum absolute atomic E-state index is 0.289. The van der Waals surface area contributed by atoms with E-state index in [1.54, 1.807) is 36.4 Å². The molecule has 0 heterocycles. The minimum Gasteiger partial charge on any atom is -0.423 e. The largest absolute Gasteiger partial charge is 0.423 e. The Hall–Kier alpha value is -2.66. The first-order valence-corrected chi connectivity index (χ1v) is 6.00. The highest BCUT2D eigenvalue weighted by Crippen LogP contribution is 2.15. The average molecular weight is 270 g/mol. The van der Waals surface area contributed by atoms with Gasteiger partial charge in [-0.1, -0.05) is 23.8 Å². The van der Waals surface area contributed by atoms with E-state index in [9.17, 15) is 9.59 Å². The van der Waals surface area contributed by atoms with Gasteiger partial charge in [-0.15, -0.1) is 0 Å². The number of ether oxygens (including phenoxy) is 1. The van der Waals surface area contributed by atoms with E-state index in [1.165, 1.54) is 6.07 Å². The topological polar surface area (TPSA) is 81.4 Å². The molecule has 0 saturated carbocycles. The summed E-state index contributed by atoms with van der Waals surface area (Å²) >= 11 is 0. The maximum atomic E-state index is 12.0. The molecule has 0 aliphatic carbocycles. The number of carbonyl (C=O) groups excluding carboxylic acids is 2. The molecule has 5 nitrogen and oxygen atoms in total. The number of carbonyl (C=O) groups is 2. The van der Waals surface area contributed by atoms with E-state index in [1.807, 2.05) is 18.4 Å². The number of benzene rings is 2. The summed E-state index contributed by atoms with van der Waals surface area (Å²) in [6.45, 7) is 1.89. The Labute approximate surface area is 116 Å². The van der Waals surface area contributed by atoms with Crippen molar-refractivity contribution in [3.63, 3.8) is 0 Å². The molecule has 0 spiro atoms. The summed E-state index contributed by atoms with van der Waals surface area (Å²) in [6.07, 6.45) is 0. The van der Waals surface area contributed by atoms with E-state index < -0.39 is 11.9 Å². The van der Waals surface area contributed by atoms with Crippen molar-refractivity contribution < 1.29 is 14.3 Å². The Morgan fingerprint density at radius 2 is 1.75 bits per heavy atom. The van der Waals surface area contributed by atoms with Crippen LogP contribution >= 0.6 is 0 Å². The highest BCUT2D eigenvalue weighted by Gasteiger charge is 2.10. The van der Waals surface area contributed by atoms with E-state index >= 15 is 0 Å². The molecule has 2 aromatic carbocycles. The summed E-state index contributed by atoms with van der Waals surface area (Å²) in [5.74, 6) is 4.43. The van der Waals surface area contributed by atoms with Gasteiger partial charge in [0.1, 0.15) is 5.75 Å². The summed E-state index contributed by atoms with van der Waals surface area (Å²) in [6, 6.07) is 13.3. The van der Waals surface area contributed by atoms with Gasteiger partial charge in [0.2, 0.25) is 0 Å². The Bertz CT molecular complexity index is 653. The molecule has 2 aromatic rings. The molecular formula is C15H14N2O3. The molecule has 0 saturated heterocycles. The second kappa shape index (κ2) is 5.99. The highest BCUT2D eigenvalue weighted by molar-refractivity contribution is 5.95. The lowest BCUT2D eigenvalue weighted by Gasteiger charge is -2.06. The predicted octanol–water partition coefficient (Wildman–Crippen LogP) is 1.82. The predicted molar refractivity (Wildman–Crippen MR) is 74.2 cm³/mol. The molecule has 0 atom stereocenters. The molecule has 1 amide bonds. The lowest BCUT2D eigenvalue weighted by molar-refractivity contribution is 0.0733. The van der Waals surface area contributed by atoms with Crippen LogP contribution in [-0.2, 0) is 0 Å². The van der Waals surface area contributed by atoms with Crippen molar-refractivity contribution in [1.29, 1.82) is 0 Å². The Morgan fingerprint density at radius 3 is 2.45 bits per heavy atom. The van der Waals surface area contributed by atoms with Gasteiger partial charge in [-0.25, -0.2) is 10.6 Å². The van der Waals surface area contributed by atoms with Gasteiger partial charge in [-0.3, -0.25) is 10.2 Å². The summed E-state index contributed by atoms with van der Waals surface area (Å²) in [5, 5.41) is 0. The van der Waals surface area contributed by atoms with Crippen LogP contribution in [0.5, 0.6) is 5.75 Å². The second-order valence-corrected chi connectivity index (χ2v) is 4.26. The van der Waals surface area contributed by atoms with Crippen molar-refractivity contribution in [1.82, 2.24) is 5.43 Å². The van der Waals surface area contributed by atoms with Crippen LogP contribution in [0.4, 0.5) is 0 Å². The number of hydrogen-bond donors (Lipinski definition) is 2. The molecule has 0 aliphatic heterocycles. The molecular weight excluding hydrogens is 256 g/mol. The number of rotatable bonds is 3. The van der Waals surface area contributed by atoms with Crippen molar-refractivity contribution in [3.05, 3.63) is 65.2 Å². The van der Waals surface area contributed by atoms with Crippen molar-refractivity contribution >= 4 is 11.9 Å².